The van der Waals surface area contributed by atoms with E-state index < -0.39 is 4.92 Å². The number of rotatable bonds is 4. The largest absolute Gasteiger partial charge is 0.507 e. The molecule has 1 aliphatic rings. The van der Waals surface area contributed by atoms with E-state index in [4.69, 9.17) is 12.2 Å². The summed E-state index contributed by atoms with van der Waals surface area (Å²) in [6.45, 7) is 0. The lowest BCUT2D eigenvalue weighted by atomic mass is 9.91. The number of carbonyl (C=O) groups excluding carboxylic acids is 1. The first kappa shape index (κ1) is 20.4. The molecule has 0 saturated carbocycles. The average Bonchev–Trinajstić information content (AvgIpc) is 3.02. The molecule has 0 unspecified atom stereocenters. The summed E-state index contributed by atoms with van der Waals surface area (Å²) in [5.74, 6) is -0.702. The highest BCUT2D eigenvalue weighted by atomic mass is 32.1. The molecule has 1 aromatic heterocycles. The fourth-order valence-corrected chi connectivity index (χ4v) is 4.17. The highest BCUT2D eigenvalue weighted by Crippen LogP contribution is 2.34. The standard InChI is InChI=1S/C21H13N3O5S2/c25-17-8-6-14(24(28)29)9-13(17)11-22-23-20(27)19(31-21(23)30)10-16-15-4-2-1-3-12(15)5-7-18(16)26/h1-11,25,27H/b16-10-,22-11+. The third kappa shape index (κ3) is 3.93. The molecular formula is C21H13N3O5S2. The van der Waals surface area contributed by atoms with Crippen molar-refractivity contribution >= 4 is 59.0 Å². The normalized spacial score (nSPS) is 14.3. The molecule has 0 bridgehead atoms. The summed E-state index contributed by atoms with van der Waals surface area (Å²) in [5.41, 5.74) is 1.91. The molecule has 0 spiro atoms. The van der Waals surface area contributed by atoms with Gasteiger partial charge in [0.2, 0.25) is 5.88 Å². The van der Waals surface area contributed by atoms with Crippen molar-refractivity contribution in [1.29, 1.82) is 0 Å². The minimum absolute atomic E-state index is 0.0862. The number of nitro benzene ring substituents is 1. The van der Waals surface area contributed by atoms with Crippen molar-refractivity contribution in [3.05, 3.63) is 84.2 Å². The number of fused-ring (bicyclic) bond motifs is 1. The molecule has 0 aliphatic heterocycles. The number of thiazole rings is 1. The smallest absolute Gasteiger partial charge is 0.270 e. The topological polar surface area (TPSA) is 118 Å². The molecule has 4 rings (SSSR count). The number of aromatic hydroxyl groups is 2. The maximum Gasteiger partial charge on any atom is 0.270 e. The number of aromatic nitrogens is 1. The molecule has 31 heavy (non-hydrogen) atoms. The summed E-state index contributed by atoms with van der Waals surface area (Å²) in [4.78, 5) is 23.1. The number of non-ortho nitro benzene ring substituents is 1. The maximum absolute atomic E-state index is 12.4. The number of benzene rings is 2. The molecule has 2 aromatic carbocycles. The summed E-state index contributed by atoms with van der Waals surface area (Å²) in [6, 6.07) is 10.9. The average molecular weight is 451 g/mol. The van der Waals surface area contributed by atoms with Crippen LogP contribution in [0.3, 0.4) is 0 Å². The Morgan fingerprint density at radius 1 is 1.16 bits per heavy atom. The number of hydrogen-bond donors (Lipinski definition) is 2. The van der Waals surface area contributed by atoms with Gasteiger partial charge in [-0.05, 0) is 41.6 Å². The van der Waals surface area contributed by atoms with Crippen molar-refractivity contribution in [2.75, 3.05) is 0 Å². The van der Waals surface area contributed by atoms with Gasteiger partial charge in [-0.1, -0.05) is 41.7 Å². The second-order valence-electron chi connectivity index (χ2n) is 6.46. The number of phenolic OH excluding ortho intramolecular Hbond substituents is 1. The number of nitrogens with zero attached hydrogens (tertiary/aromatic N) is 3. The van der Waals surface area contributed by atoms with Crippen molar-refractivity contribution in [2.24, 2.45) is 5.10 Å². The van der Waals surface area contributed by atoms with Crippen LogP contribution < -0.4 is 0 Å². The van der Waals surface area contributed by atoms with Crippen LogP contribution in [0.2, 0.25) is 0 Å². The highest BCUT2D eigenvalue weighted by Gasteiger charge is 2.19. The molecule has 2 N–H and O–H groups in total. The van der Waals surface area contributed by atoms with Gasteiger partial charge in [0, 0.05) is 23.3 Å². The molecule has 0 fully saturated rings. The first-order valence-corrected chi connectivity index (χ1v) is 10.1. The van der Waals surface area contributed by atoms with E-state index in [1.54, 1.807) is 12.2 Å². The number of allylic oxidation sites excluding steroid dienone is 2. The third-order valence-electron chi connectivity index (χ3n) is 4.53. The van der Waals surface area contributed by atoms with E-state index in [0.29, 0.717) is 10.5 Å². The van der Waals surface area contributed by atoms with Crippen molar-refractivity contribution in [3.63, 3.8) is 0 Å². The zero-order valence-corrected chi connectivity index (χ0v) is 17.3. The van der Waals surface area contributed by atoms with Crippen LogP contribution in [0.4, 0.5) is 5.69 Å². The van der Waals surface area contributed by atoms with Gasteiger partial charge in [0.05, 0.1) is 16.0 Å². The van der Waals surface area contributed by atoms with Gasteiger partial charge in [-0.15, -0.1) is 0 Å². The lowest BCUT2D eigenvalue weighted by Crippen LogP contribution is -2.04. The number of nitro groups is 1. The molecule has 10 heteroatoms. The van der Waals surface area contributed by atoms with Crippen LogP contribution in [0.15, 0.2) is 53.6 Å². The minimum Gasteiger partial charge on any atom is -0.507 e. The summed E-state index contributed by atoms with van der Waals surface area (Å²) in [7, 11) is 0. The van der Waals surface area contributed by atoms with E-state index in [-0.39, 0.29) is 32.6 Å². The fourth-order valence-electron chi connectivity index (χ4n) is 3.00. The predicted molar refractivity (Wildman–Crippen MR) is 121 cm³/mol. The van der Waals surface area contributed by atoms with Crippen LogP contribution in [0.25, 0.3) is 17.7 Å². The molecule has 0 radical (unpaired) electrons. The highest BCUT2D eigenvalue weighted by molar-refractivity contribution is 7.73. The van der Waals surface area contributed by atoms with Gasteiger partial charge in [0.15, 0.2) is 9.74 Å². The number of ketones is 1. The summed E-state index contributed by atoms with van der Waals surface area (Å²) in [6.07, 6.45) is 5.91. The van der Waals surface area contributed by atoms with Crippen molar-refractivity contribution < 1.29 is 19.9 Å². The van der Waals surface area contributed by atoms with Crippen molar-refractivity contribution in [2.45, 2.75) is 0 Å². The van der Waals surface area contributed by atoms with Gasteiger partial charge in [-0.3, -0.25) is 14.9 Å². The lowest BCUT2D eigenvalue weighted by molar-refractivity contribution is -0.384. The van der Waals surface area contributed by atoms with E-state index in [9.17, 15) is 25.1 Å². The first-order chi connectivity index (χ1) is 14.8. The summed E-state index contributed by atoms with van der Waals surface area (Å²) < 4.78 is 1.25. The molecule has 1 aliphatic carbocycles. The fraction of sp³-hybridized carbons (Fsp3) is 0. The number of hydrogen-bond acceptors (Lipinski definition) is 8. The van der Waals surface area contributed by atoms with Crippen LogP contribution >= 0.6 is 23.6 Å². The van der Waals surface area contributed by atoms with Crippen LogP contribution in [0.1, 0.15) is 21.6 Å². The molecule has 154 valence electrons. The zero-order valence-electron chi connectivity index (χ0n) is 15.6. The monoisotopic (exact) mass is 451 g/mol. The van der Waals surface area contributed by atoms with Gasteiger partial charge >= 0.3 is 0 Å². The molecule has 3 aromatic rings. The van der Waals surface area contributed by atoms with Gasteiger partial charge in [-0.2, -0.15) is 9.78 Å². The second kappa shape index (κ2) is 8.09. The van der Waals surface area contributed by atoms with Gasteiger partial charge in [0.1, 0.15) is 5.75 Å². The van der Waals surface area contributed by atoms with Crippen LogP contribution in [-0.4, -0.2) is 31.8 Å². The predicted octanol–water partition coefficient (Wildman–Crippen LogP) is 4.62. The lowest BCUT2D eigenvalue weighted by Gasteiger charge is -2.12. The molecule has 8 nitrogen and oxygen atoms in total. The molecule has 1 heterocycles. The maximum atomic E-state index is 12.4. The van der Waals surface area contributed by atoms with Crippen LogP contribution in [-0.2, 0) is 4.79 Å². The number of phenols is 1. The molecule has 0 atom stereocenters. The second-order valence-corrected chi connectivity index (χ2v) is 8.13. The Labute approximate surface area is 184 Å². The Kier molecular flexibility index (Phi) is 5.32. The van der Waals surface area contributed by atoms with Crippen molar-refractivity contribution in [3.8, 4) is 11.6 Å². The first-order valence-electron chi connectivity index (χ1n) is 8.85. The quantitative estimate of drug-likeness (QED) is 0.197. The van der Waals surface area contributed by atoms with E-state index >= 15 is 0 Å². The molecule has 0 saturated heterocycles. The Bertz CT molecular complexity index is 1380. The molecule has 0 amide bonds. The molecular weight excluding hydrogens is 438 g/mol. The van der Waals surface area contributed by atoms with E-state index in [1.165, 1.54) is 12.1 Å². The Balaban J connectivity index is 1.74. The number of carbonyl (C=O) groups is 1. The van der Waals surface area contributed by atoms with E-state index in [0.717, 1.165) is 45.5 Å². The van der Waals surface area contributed by atoms with E-state index in [1.807, 2.05) is 24.3 Å². The van der Waals surface area contributed by atoms with Crippen molar-refractivity contribution in [1.82, 2.24) is 4.68 Å². The Hall–Kier alpha value is -3.89. The van der Waals surface area contributed by atoms with E-state index in [2.05, 4.69) is 5.10 Å². The summed E-state index contributed by atoms with van der Waals surface area (Å²) >= 11 is 6.31. The zero-order chi connectivity index (χ0) is 22.1. The summed E-state index contributed by atoms with van der Waals surface area (Å²) in [5, 5.41) is 35.5. The van der Waals surface area contributed by atoms with Gasteiger partial charge in [-0.25, -0.2) is 0 Å². The Morgan fingerprint density at radius 3 is 2.71 bits per heavy atom. The SMILES string of the molecule is O=C1C=Cc2ccccc2/C1=C/c1sc(=S)n(/N=C/c2cc([N+](=O)[O-])ccc2O)c1O. The van der Waals surface area contributed by atoms with Crippen LogP contribution in [0, 0.1) is 14.1 Å². The van der Waals surface area contributed by atoms with Crippen LogP contribution in [0.5, 0.6) is 11.6 Å². The van der Waals surface area contributed by atoms with Gasteiger partial charge in [0.25, 0.3) is 5.69 Å². The van der Waals surface area contributed by atoms with Gasteiger partial charge < -0.3 is 10.2 Å². The third-order valence-corrected chi connectivity index (χ3v) is 5.82. The Morgan fingerprint density at radius 2 is 1.94 bits per heavy atom. The minimum atomic E-state index is -0.595.